The number of alkyl halides is 3. The second-order valence-corrected chi connectivity index (χ2v) is 6.86. The van der Waals surface area contributed by atoms with Crippen LogP contribution in [0.25, 0.3) is 5.65 Å². The molecule has 1 atom stereocenters. The molecule has 0 spiro atoms. The molecule has 1 saturated heterocycles. The number of hydrogen-bond donors (Lipinski definition) is 1. The molecule has 2 aromatic heterocycles. The van der Waals surface area contributed by atoms with Crippen molar-refractivity contribution in [3.8, 4) is 0 Å². The number of nitrogens with zero attached hydrogens (tertiary/aromatic N) is 6. The largest absolute Gasteiger partial charge is 0.403 e. The number of halogens is 4. The highest BCUT2D eigenvalue weighted by Gasteiger charge is 2.41. The van der Waals surface area contributed by atoms with Gasteiger partial charge in [-0.15, -0.1) is 34.2 Å². The van der Waals surface area contributed by atoms with E-state index in [1.807, 2.05) is 33.7 Å². The maximum atomic E-state index is 12.9. The van der Waals surface area contributed by atoms with Gasteiger partial charge in [0.1, 0.15) is 11.9 Å². The van der Waals surface area contributed by atoms with E-state index in [1.54, 1.807) is 7.05 Å². The number of nitrogens with one attached hydrogen (secondary N) is 1. The monoisotopic (exact) mass is 525 g/mol. The Labute approximate surface area is 185 Å². The van der Waals surface area contributed by atoms with Gasteiger partial charge in [-0.25, -0.2) is 0 Å². The van der Waals surface area contributed by atoms with Crippen LogP contribution < -0.4 is 5.32 Å². The summed E-state index contributed by atoms with van der Waals surface area (Å²) < 4.78 is 40.6. The zero-order valence-electron chi connectivity index (χ0n) is 16.6. The zero-order chi connectivity index (χ0) is 20.1. The summed E-state index contributed by atoms with van der Waals surface area (Å²) >= 11 is 0. The molecule has 0 radical (unpaired) electrons. The molecule has 0 aliphatic carbocycles. The van der Waals surface area contributed by atoms with Gasteiger partial charge < -0.3 is 10.2 Å². The van der Waals surface area contributed by atoms with Crippen molar-refractivity contribution in [3.05, 3.63) is 30.2 Å². The van der Waals surface area contributed by atoms with Gasteiger partial charge in [-0.2, -0.15) is 13.2 Å². The molecule has 1 unspecified atom stereocenters. The van der Waals surface area contributed by atoms with Gasteiger partial charge in [-0.1, -0.05) is 6.07 Å². The van der Waals surface area contributed by atoms with Gasteiger partial charge in [0, 0.05) is 52.4 Å². The van der Waals surface area contributed by atoms with Crippen LogP contribution in [0.15, 0.2) is 29.4 Å². The Morgan fingerprint density at radius 1 is 1.21 bits per heavy atom. The zero-order valence-corrected chi connectivity index (χ0v) is 18.9. The minimum absolute atomic E-state index is 0. The van der Waals surface area contributed by atoms with Crippen molar-refractivity contribution in [2.45, 2.75) is 32.0 Å². The molecule has 1 aliphatic rings. The number of pyridine rings is 1. The topological polar surface area (TPSA) is 61.1 Å². The number of piperazine rings is 1. The first-order chi connectivity index (χ1) is 13.4. The van der Waals surface area contributed by atoms with Gasteiger partial charge >= 0.3 is 6.18 Å². The molecule has 3 heterocycles. The van der Waals surface area contributed by atoms with Crippen LogP contribution >= 0.6 is 24.0 Å². The van der Waals surface area contributed by atoms with E-state index in [4.69, 9.17) is 0 Å². The number of rotatable bonds is 5. The van der Waals surface area contributed by atoms with Crippen molar-refractivity contribution < 1.29 is 13.2 Å². The van der Waals surface area contributed by atoms with Crippen LogP contribution in [0.4, 0.5) is 13.2 Å². The number of fused-ring (bicyclic) bond motifs is 1. The van der Waals surface area contributed by atoms with Gasteiger partial charge in [0.25, 0.3) is 0 Å². The van der Waals surface area contributed by atoms with Gasteiger partial charge in [-0.3, -0.25) is 14.3 Å². The molecule has 11 heteroatoms. The third kappa shape index (κ3) is 5.93. The third-order valence-corrected chi connectivity index (χ3v) is 5.09. The fourth-order valence-corrected chi connectivity index (χ4v) is 3.37. The van der Waals surface area contributed by atoms with Crippen LogP contribution in [-0.4, -0.2) is 82.3 Å². The van der Waals surface area contributed by atoms with Crippen LogP contribution in [0.3, 0.4) is 0 Å². The molecule has 29 heavy (non-hydrogen) atoms. The maximum absolute atomic E-state index is 12.9. The predicted octanol–water partition coefficient (Wildman–Crippen LogP) is 2.42. The van der Waals surface area contributed by atoms with Crippen molar-refractivity contribution in [1.82, 2.24) is 29.7 Å². The third-order valence-electron chi connectivity index (χ3n) is 5.09. The fourth-order valence-electron chi connectivity index (χ4n) is 3.37. The highest BCUT2D eigenvalue weighted by atomic mass is 127. The Morgan fingerprint density at radius 3 is 2.59 bits per heavy atom. The quantitative estimate of drug-likeness (QED) is 0.282. The van der Waals surface area contributed by atoms with Crippen LogP contribution in [-0.2, 0) is 6.42 Å². The lowest BCUT2D eigenvalue weighted by atomic mass is 10.2. The second kappa shape index (κ2) is 10.4. The van der Waals surface area contributed by atoms with E-state index in [0.29, 0.717) is 32.7 Å². The number of aliphatic imine (C=N–C) groups is 1. The van der Waals surface area contributed by atoms with E-state index in [0.717, 1.165) is 30.3 Å². The Bertz CT molecular complexity index is 800. The molecule has 3 rings (SSSR count). The summed E-state index contributed by atoms with van der Waals surface area (Å²) in [5.41, 5.74) is 0.826. The lowest BCUT2D eigenvalue weighted by Crippen LogP contribution is -2.56. The standard InChI is InChI=1S/C18H26F3N7.HI/c1-14(18(19,20)21)26-10-12-27(13-11-26)17(22-2)23-8-5-7-16-25-24-15-6-3-4-9-28(15)16;/h3-4,6,9,14H,5,7-8,10-13H2,1-2H3,(H,22,23);1H. The van der Waals surface area contributed by atoms with Crippen LogP contribution in [0.2, 0.25) is 0 Å². The van der Waals surface area contributed by atoms with Crippen molar-refractivity contribution >= 4 is 35.6 Å². The Balaban J connectivity index is 0.00000300. The predicted molar refractivity (Wildman–Crippen MR) is 117 cm³/mol. The summed E-state index contributed by atoms with van der Waals surface area (Å²) in [5.74, 6) is 1.63. The summed E-state index contributed by atoms with van der Waals surface area (Å²) in [7, 11) is 1.69. The molecule has 2 aromatic rings. The smallest absolute Gasteiger partial charge is 0.356 e. The molecule has 0 bridgehead atoms. The van der Waals surface area contributed by atoms with Gasteiger partial charge in [0.2, 0.25) is 0 Å². The highest BCUT2D eigenvalue weighted by Crippen LogP contribution is 2.25. The molecule has 162 valence electrons. The maximum Gasteiger partial charge on any atom is 0.403 e. The first-order valence-electron chi connectivity index (χ1n) is 9.45. The van der Waals surface area contributed by atoms with Gasteiger partial charge in [0.05, 0.1) is 0 Å². The van der Waals surface area contributed by atoms with Crippen molar-refractivity contribution in [2.24, 2.45) is 4.99 Å². The van der Waals surface area contributed by atoms with Crippen molar-refractivity contribution in [1.29, 1.82) is 0 Å². The van der Waals surface area contributed by atoms with E-state index in [2.05, 4.69) is 20.5 Å². The molecular formula is C18H27F3IN7. The highest BCUT2D eigenvalue weighted by molar-refractivity contribution is 14.0. The Kier molecular flexibility index (Phi) is 8.49. The van der Waals surface area contributed by atoms with E-state index in [-0.39, 0.29) is 24.0 Å². The lowest BCUT2D eigenvalue weighted by Gasteiger charge is -2.39. The average Bonchev–Trinajstić information content (AvgIpc) is 3.10. The van der Waals surface area contributed by atoms with Crippen molar-refractivity contribution in [2.75, 3.05) is 39.8 Å². The fraction of sp³-hybridized carbons (Fsp3) is 0.611. The minimum atomic E-state index is -4.19. The van der Waals surface area contributed by atoms with E-state index < -0.39 is 12.2 Å². The first-order valence-corrected chi connectivity index (χ1v) is 9.45. The van der Waals surface area contributed by atoms with Crippen LogP contribution in [0, 0.1) is 0 Å². The molecule has 0 saturated carbocycles. The van der Waals surface area contributed by atoms with Crippen LogP contribution in [0.5, 0.6) is 0 Å². The Hall–Kier alpha value is -1.63. The van der Waals surface area contributed by atoms with E-state index in [1.165, 1.54) is 11.8 Å². The van der Waals surface area contributed by atoms with Crippen molar-refractivity contribution in [3.63, 3.8) is 0 Å². The molecule has 1 aliphatic heterocycles. The Morgan fingerprint density at radius 2 is 1.93 bits per heavy atom. The molecular weight excluding hydrogens is 498 g/mol. The number of aryl methyl sites for hydroxylation is 1. The van der Waals surface area contributed by atoms with Gasteiger partial charge in [0.15, 0.2) is 11.6 Å². The number of aromatic nitrogens is 3. The minimum Gasteiger partial charge on any atom is -0.356 e. The summed E-state index contributed by atoms with van der Waals surface area (Å²) in [6.45, 7) is 3.70. The summed E-state index contributed by atoms with van der Waals surface area (Å²) in [6.07, 6.45) is -0.627. The molecule has 1 N–H and O–H groups in total. The number of hydrogen-bond acceptors (Lipinski definition) is 4. The summed E-state index contributed by atoms with van der Waals surface area (Å²) in [5, 5.41) is 11.7. The summed E-state index contributed by atoms with van der Waals surface area (Å²) in [6, 6.07) is 4.37. The van der Waals surface area contributed by atoms with Crippen LogP contribution in [0.1, 0.15) is 19.2 Å². The lowest BCUT2D eigenvalue weighted by molar-refractivity contribution is -0.181. The normalized spacial score (nSPS) is 17.3. The van der Waals surface area contributed by atoms with Gasteiger partial charge in [-0.05, 0) is 25.5 Å². The number of guanidine groups is 1. The SMILES string of the molecule is CN=C(NCCCc1nnc2ccccn12)N1CCN(C(C)C(F)(F)F)CC1.I. The van der Waals surface area contributed by atoms with E-state index >= 15 is 0 Å². The molecule has 0 amide bonds. The second-order valence-electron chi connectivity index (χ2n) is 6.86. The first kappa shape index (κ1) is 23.6. The molecule has 0 aromatic carbocycles. The summed E-state index contributed by atoms with van der Waals surface area (Å²) in [4.78, 5) is 7.75. The molecule has 1 fully saturated rings. The molecule has 7 nitrogen and oxygen atoms in total. The average molecular weight is 525 g/mol. The van der Waals surface area contributed by atoms with E-state index in [9.17, 15) is 13.2 Å².